The second kappa shape index (κ2) is 10.6. The van der Waals surface area contributed by atoms with Crippen LogP contribution in [0.15, 0.2) is 71.7 Å². The van der Waals surface area contributed by atoms with Crippen LogP contribution in [-0.2, 0) is 6.54 Å². The van der Waals surface area contributed by atoms with Crippen LogP contribution in [0.1, 0.15) is 35.7 Å². The maximum absolute atomic E-state index is 14.1. The summed E-state index contributed by atoms with van der Waals surface area (Å²) in [4.78, 5) is 32.3. The van der Waals surface area contributed by atoms with E-state index in [2.05, 4.69) is 17.2 Å². The van der Waals surface area contributed by atoms with Crippen molar-refractivity contribution in [2.45, 2.75) is 32.4 Å². The van der Waals surface area contributed by atoms with E-state index in [0.29, 0.717) is 52.1 Å². The molecule has 0 fully saturated rings. The molecule has 8 nitrogen and oxygen atoms in total. The van der Waals surface area contributed by atoms with Gasteiger partial charge in [-0.1, -0.05) is 30.3 Å². The van der Waals surface area contributed by atoms with Gasteiger partial charge in [-0.2, -0.15) is 0 Å². The number of anilines is 1. The van der Waals surface area contributed by atoms with Gasteiger partial charge in [0.2, 0.25) is 0 Å². The highest BCUT2D eigenvalue weighted by molar-refractivity contribution is 6.27. The number of aromatic nitrogens is 2. The Morgan fingerprint density at radius 2 is 1.73 bits per heavy atom. The van der Waals surface area contributed by atoms with Gasteiger partial charge in [-0.3, -0.25) is 14.6 Å². The Balaban J connectivity index is 1.36. The highest BCUT2D eigenvalue weighted by Crippen LogP contribution is 2.43. The number of ether oxygens (including phenoxy) is 3. The zero-order valence-electron chi connectivity index (χ0n) is 23.5. The van der Waals surface area contributed by atoms with Gasteiger partial charge in [0.25, 0.3) is 5.56 Å². The zero-order chi connectivity index (χ0) is 28.7. The molecule has 2 heterocycles. The van der Waals surface area contributed by atoms with Crippen LogP contribution in [0.4, 0.5) is 5.69 Å². The molecule has 0 saturated heterocycles. The van der Waals surface area contributed by atoms with E-state index in [-0.39, 0.29) is 17.4 Å². The number of carbonyl (C=O) groups excluding carboxylic acids is 1. The number of carbonyl (C=O) groups is 1. The van der Waals surface area contributed by atoms with Gasteiger partial charge in [-0.25, -0.2) is 0 Å². The Hall–Kier alpha value is -4.85. The molecule has 3 aromatic carbocycles. The Bertz CT molecular complexity index is 1880. The minimum absolute atomic E-state index is 0.0834. The molecule has 41 heavy (non-hydrogen) atoms. The second-order valence-electron chi connectivity index (χ2n) is 10.2. The van der Waals surface area contributed by atoms with E-state index in [1.807, 2.05) is 48.5 Å². The molecule has 1 aliphatic carbocycles. The number of fused-ring (bicyclic) bond motifs is 6. The number of nitrogens with one attached hydrogen (secondary N) is 1. The standard InChI is InChI=1S/C33H31N3O5/c1-19(35-25-18-21(39-2)17-20-10-7-15-34-29(20)25)9-8-16-36-30-22-11-5-6-12-23(22)31(37)27(30)24-13-14-26(40-3)32(41-4)28(24)33(36)38/h5-7,10-15,17-19,35H,8-9,16H2,1-4H3/t19-/m1/s1. The van der Waals surface area contributed by atoms with Gasteiger partial charge in [0.05, 0.1) is 49.2 Å². The minimum atomic E-state index is -0.206. The van der Waals surface area contributed by atoms with Gasteiger partial charge in [0, 0.05) is 46.7 Å². The average molecular weight is 550 g/mol. The van der Waals surface area contributed by atoms with E-state index >= 15 is 0 Å². The van der Waals surface area contributed by atoms with Gasteiger partial charge < -0.3 is 24.1 Å². The molecular weight excluding hydrogens is 518 g/mol. The molecule has 6 rings (SSSR count). The quantitative estimate of drug-likeness (QED) is 0.234. The van der Waals surface area contributed by atoms with E-state index < -0.39 is 0 Å². The molecule has 0 bridgehead atoms. The lowest BCUT2D eigenvalue weighted by molar-refractivity contribution is 0.104. The molecular formula is C33H31N3O5. The monoisotopic (exact) mass is 549 g/mol. The van der Waals surface area contributed by atoms with Crippen LogP contribution in [0.2, 0.25) is 0 Å². The van der Waals surface area contributed by atoms with Crippen molar-refractivity contribution in [1.82, 2.24) is 9.55 Å². The molecule has 1 N–H and O–H groups in total. The Labute approximate surface area is 237 Å². The molecule has 0 spiro atoms. The average Bonchev–Trinajstić information content (AvgIpc) is 3.30. The lowest BCUT2D eigenvalue weighted by Crippen LogP contribution is -2.25. The fourth-order valence-electron chi connectivity index (χ4n) is 5.88. The van der Waals surface area contributed by atoms with Crippen molar-refractivity contribution >= 4 is 33.1 Å². The van der Waals surface area contributed by atoms with Crippen LogP contribution in [-0.4, -0.2) is 42.7 Å². The number of hydrogen-bond acceptors (Lipinski definition) is 7. The summed E-state index contributed by atoms with van der Waals surface area (Å²) in [5.74, 6) is 1.45. The van der Waals surface area contributed by atoms with Gasteiger partial charge in [0.15, 0.2) is 17.3 Å². The van der Waals surface area contributed by atoms with E-state index in [1.165, 1.54) is 14.2 Å². The summed E-state index contributed by atoms with van der Waals surface area (Å²) in [6, 6.07) is 18.9. The molecule has 0 saturated carbocycles. The molecule has 0 unspecified atom stereocenters. The number of methoxy groups -OCH3 is 3. The molecule has 5 aromatic rings. The summed E-state index contributed by atoms with van der Waals surface area (Å²) < 4.78 is 18.4. The van der Waals surface area contributed by atoms with Crippen molar-refractivity contribution in [3.8, 4) is 28.5 Å². The summed E-state index contributed by atoms with van der Waals surface area (Å²) in [5.41, 5.74) is 4.14. The first-order valence-corrected chi connectivity index (χ1v) is 13.6. The van der Waals surface area contributed by atoms with Gasteiger partial charge >= 0.3 is 0 Å². The Kier molecular flexibility index (Phi) is 6.83. The fourth-order valence-corrected chi connectivity index (χ4v) is 5.88. The number of benzene rings is 3. The molecule has 2 aromatic heterocycles. The molecule has 8 heteroatoms. The number of rotatable bonds is 9. The third-order valence-corrected chi connectivity index (χ3v) is 7.77. The predicted molar refractivity (Wildman–Crippen MR) is 161 cm³/mol. The van der Waals surface area contributed by atoms with E-state index in [4.69, 9.17) is 14.2 Å². The summed E-state index contributed by atoms with van der Waals surface area (Å²) in [6.07, 6.45) is 3.25. The molecule has 0 amide bonds. The lowest BCUT2D eigenvalue weighted by atomic mass is 10.0. The number of hydrogen-bond donors (Lipinski definition) is 1. The summed E-state index contributed by atoms with van der Waals surface area (Å²) in [5, 5.41) is 5.50. The predicted octanol–water partition coefficient (Wildman–Crippen LogP) is 6.07. The molecule has 1 aliphatic rings. The second-order valence-corrected chi connectivity index (χ2v) is 10.2. The normalized spacial score (nSPS) is 12.7. The van der Waals surface area contributed by atoms with Crippen molar-refractivity contribution in [2.75, 3.05) is 26.6 Å². The highest BCUT2D eigenvalue weighted by Gasteiger charge is 2.33. The smallest absolute Gasteiger partial charge is 0.262 e. The minimum Gasteiger partial charge on any atom is -0.497 e. The van der Waals surface area contributed by atoms with Crippen LogP contribution in [0.3, 0.4) is 0 Å². The molecule has 0 radical (unpaired) electrons. The third-order valence-electron chi connectivity index (χ3n) is 7.77. The summed E-state index contributed by atoms with van der Waals surface area (Å²) >= 11 is 0. The van der Waals surface area contributed by atoms with Crippen molar-refractivity contribution in [2.24, 2.45) is 0 Å². The van der Waals surface area contributed by atoms with Gasteiger partial charge in [0.1, 0.15) is 5.75 Å². The van der Waals surface area contributed by atoms with Crippen LogP contribution in [0, 0.1) is 0 Å². The van der Waals surface area contributed by atoms with Crippen LogP contribution < -0.4 is 25.1 Å². The van der Waals surface area contributed by atoms with E-state index in [9.17, 15) is 9.59 Å². The Morgan fingerprint density at radius 1 is 0.927 bits per heavy atom. The van der Waals surface area contributed by atoms with Crippen LogP contribution >= 0.6 is 0 Å². The topological polar surface area (TPSA) is 91.7 Å². The summed E-state index contributed by atoms with van der Waals surface area (Å²) in [6.45, 7) is 2.54. The van der Waals surface area contributed by atoms with Crippen molar-refractivity contribution in [1.29, 1.82) is 0 Å². The maximum Gasteiger partial charge on any atom is 0.262 e. The maximum atomic E-state index is 14.1. The number of nitrogens with zero attached hydrogens (tertiary/aromatic N) is 2. The SMILES string of the molecule is COc1cc(N[C@H](C)CCCn2c3c(c4ccc(OC)c(OC)c4c2=O)C(=O)c2ccccc2-3)c2ncccc2c1. The first-order valence-electron chi connectivity index (χ1n) is 13.6. The van der Waals surface area contributed by atoms with Gasteiger partial charge in [-0.15, -0.1) is 0 Å². The van der Waals surface area contributed by atoms with Crippen molar-refractivity contribution in [3.63, 3.8) is 0 Å². The van der Waals surface area contributed by atoms with E-state index in [1.54, 1.807) is 30.0 Å². The first kappa shape index (κ1) is 26.4. The lowest BCUT2D eigenvalue weighted by Gasteiger charge is -2.20. The van der Waals surface area contributed by atoms with Crippen molar-refractivity contribution < 1.29 is 19.0 Å². The number of pyridine rings is 2. The van der Waals surface area contributed by atoms with Crippen LogP contribution in [0.25, 0.3) is 32.9 Å². The fraction of sp³-hybridized carbons (Fsp3) is 0.242. The zero-order valence-corrected chi connectivity index (χ0v) is 23.5. The molecule has 0 aliphatic heterocycles. The Morgan fingerprint density at radius 3 is 2.49 bits per heavy atom. The van der Waals surface area contributed by atoms with E-state index in [0.717, 1.165) is 34.3 Å². The third kappa shape index (κ3) is 4.36. The van der Waals surface area contributed by atoms with Crippen molar-refractivity contribution in [3.05, 3.63) is 88.3 Å². The molecule has 208 valence electrons. The summed E-state index contributed by atoms with van der Waals surface area (Å²) in [7, 11) is 4.69. The van der Waals surface area contributed by atoms with Gasteiger partial charge in [-0.05, 0) is 44.0 Å². The highest BCUT2D eigenvalue weighted by atomic mass is 16.5. The van der Waals surface area contributed by atoms with Crippen LogP contribution in [0.5, 0.6) is 17.2 Å². The number of ketones is 1. The first-order chi connectivity index (χ1) is 20.0. The molecule has 1 atom stereocenters. The largest absolute Gasteiger partial charge is 0.497 e.